The summed E-state index contributed by atoms with van der Waals surface area (Å²) in [4.78, 5) is 14.1. The number of hydrogen-bond acceptors (Lipinski definition) is 5. The van der Waals surface area contributed by atoms with Crippen molar-refractivity contribution in [2.45, 2.75) is 25.5 Å². The molecule has 0 aliphatic carbocycles. The Kier molecular flexibility index (Phi) is 6.81. The van der Waals surface area contributed by atoms with Gasteiger partial charge in [-0.15, -0.1) is 0 Å². The van der Waals surface area contributed by atoms with Crippen LogP contribution in [0.3, 0.4) is 0 Å². The Balaban J connectivity index is 2.77. The van der Waals surface area contributed by atoms with Gasteiger partial charge < -0.3 is 20.1 Å². The smallest absolute Gasteiger partial charge is 0.331 e. The zero-order chi connectivity index (χ0) is 15.9. The highest BCUT2D eigenvalue weighted by Gasteiger charge is 2.38. The van der Waals surface area contributed by atoms with E-state index < -0.39 is 11.5 Å². The van der Waals surface area contributed by atoms with Crippen molar-refractivity contribution in [2.75, 3.05) is 33.9 Å². The normalized spacial score (nSPS) is 14.2. The Labute approximate surface area is 127 Å². The maximum absolute atomic E-state index is 12.1. The lowest BCUT2D eigenvalue weighted by atomic mass is 9.90. The standard InChI is InChI=1S/C16H26N2O3/c1-13(2)21-11-10-18(3)12-16(17,15(19)20-4)14-8-6-5-7-9-14/h5-9,13H,10-12,17H2,1-4H3. The molecule has 0 spiro atoms. The Bertz CT molecular complexity index is 436. The summed E-state index contributed by atoms with van der Waals surface area (Å²) in [6, 6.07) is 9.30. The molecule has 1 unspecified atom stereocenters. The monoisotopic (exact) mass is 294 g/mol. The quantitative estimate of drug-likeness (QED) is 0.734. The van der Waals surface area contributed by atoms with Crippen LogP contribution >= 0.6 is 0 Å². The minimum atomic E-state index is -1.18. The number of hydrogen-bond donors (Lipinski definition) is 1. The highest BCUT2D eigenvalue weighted by molar-refractivity contribution is 5.82. The zero-order valence-corrected chi connectivity index (χ0v) is 13.3. The third kappa shape index (κ3) is 5.12. The maximum Gasteiger partial charge on any atom is 0.331 e. The molecule has 21 heavy (non-hydrogen) atoms. The first-order chi connectivity index (χ1) is 9.90. The van der Waals surface area contributed by atoms with Gasteiger partial charge in [-0.3, -0.25) is 0 Å². The molecule has 1 aromatic carbocycles. The van der Waals surface area contributed by atoms with Crippen LogP contribution in [0.25, 0.3) is 0 Å². The van der Waals surface area contributed by atoms with E-state index in [0.717, 1.165) is 5.56 Å². The van der Waals surface area contributed by atoms with Crippen molar-refractivity contribution in [1.29, 1.82) is 0 Å². The third-order valence-corrected chi connectivity index (χ3v) is 3.28. The number of likely N-dealkylation sites (N-methyl/N-ethyl adjacent to an activating group) is 1. The number of methoxy groups -OCH3 is 1. The lowest BCUT2D eigenvalue weighted by Gasteiger charge is -2.31. The van der Waals surface area contributed by atoms with Crippen molar-refractivity contribution in [3.8, 4) is 0 Å². The van der Waals surface area contributed by atoms with Crippen molar-refractivity contribution in [3.63, 3.8) is 0 Å². The van der Waals surface area contributed by atoms with Crippen LogP contribution < -0.4 is 5.73 Å². The maximum atomic E-state index is 12.1. The molecule has 0 aliphatic heterocycles. The number of benzene rings is 1. The van der Waals surface area contributed by atoms with E-state index in [2.05, 4.69) is 0 Å². The first-order valence-corrected chi connectivity index (χ1v) is 7.13. The fourth-order valence-electron chi connectivity index (χ4n) is 2.14. The molecule has 0 radical (unpaired) electrons. The minimum absolute atomic E-state index is 0.191. The van der Waals surface area contributed by atoms with E-state index in [1.165, 1.54) is 7.11 Å². The predicted molar refractivity (Wildman–Crippen MR) is 82.9 cm³/mol. The largest absolute Gasteiger partial charge is 0.467 e. The second-order valence-corrected chi connectivity index (χ2v) is 5.49. The molecule has 0 aromatic heterocycles. The highest BCUT2D eigenvalue weighted by Crippen LogP contribution is 2.21. The van der Waals surface area contributed by atoms with E-state index in [1.807, 2.05) is 56.1 Å². The van der Waals surface area contributed by atoms with Crippen LogP contribution in [-0.2, 0) is 19.8 Å². The molecule has 0 saturated heterocycles. The molecule has 0 bridgehead atoms. The topological polar surface area (TPSA) is 64.8 Å². The Morgan fingerprint density at radius 2 is 1.95 bits per heavy atom. The number of carbonyl (C=O) groups is 1. The average Bonchev–Trinajstić information content (AvgIpc) is 2.46. The van der Waals surface area contributed by atoms with Crippen LogP contribution in [-0.4, -0.2) is 50.8 Å². The summed E-state index contributed by atoms with van der Waals surface area (Å²) in [5.41, 5.74) is 5.91. The molecule has 1 aromatic rings. The van der Waals surface area contributed by atoms with Gasteiger partial charge in [0.25, 0.3) is 0 Å². The first kappa shape index (κ1) is 17.6. The van der Waals surface area contributed by atoms with Crippen molar-refractivity contribution in [3.05, 3.63) is 35.9 Å². The Morgan fingerprint density at radius 3 is 2.48 bits per heavy atom. The summed E-state index contributed by atoms with van der Waals surface area (Å²) in [6.07, 6.45) is 0.191. The molecule has 0 aliphatic rings. The van der Waals surface area contributed by atoms with E-state index in [0.29, 0.717) is 19.7 Å². The molecule has 0 amide bonds. The van der Waals surface area contributed by atoms with Gasteiger partial charge in [-0.1, -0.05) is 30.3 Å². The number of ether oxygens (including phenoxy) is 2. The zero-order valence-electron chi connectivity index (χ0n) is 13.3. The van der Waals surface area contributed by atoms with Gasteiger partial charge in [0.1, 0.15) is 0 Å². The van der Waals surface area contributed by atoms with Crippen molar-refractivity contribution < 1.29 is 14.3 Å². The van der Waals surface area contributed by atoms with Gasteiger partial charge in [0.15, 0.2) is 5.54 Å². The third-order valence-electron chi connectivity index (χ3n) is 3.28. The van der Waals surface area contributed by atoms with Gasteiger partial charge >= 0.3 is 5.97 Å². The highest BCUT2D eigenvalue weighted by atomic mass is 16.5. The predicted octanol–water partition coefficient (Wildman–Crippen LogP) is 1.37. The number of nitrogens with zero attached hydrogens (tertiary/aromatic N) is 1. The van der Waals surface area contributed by atoms with E-state index in [1.54, 1.807) is 0 Å². The van der Waals surface area contributed by atoms with Gasteiger partial charge in [-0.05, 0) is 26.5 Å². The van der Waals surface area contributed by atoms with Crippen molar-refractivity contribution in [2.24, 2.45) is 5.73 Å². The van der Waals surface area contributed by atoms with Gasteiger partial charge in [-0.25, -0.2) is 4.79 Å². The molecule has 0 heterocycles. The Morgan fingerprint density at radius 1 is 1.33 bits per heavy atom. The summed E-state index contributed by atoms with van der Waals surface area (Å²) >= 11 is 0. The summed E-state index contributed by atoms with van der Waals surface area (Å²) in [5, 5.41) is 0. The number of esters is 1. The first-order valence-electron chi connectivity index (χ1n) is 7.13. The lowest BCUT2D eigenvalue weighted by molar-refractivity contribution is -0.148. The van der Waals surface area contributed by atoms with Gasteiger partial charge in [0.2, 0.25) is 0 Å². The van der Waals surface area contributed by atoms with Gasteiger partial charge in [0, 0.05) is 13.1 Å². The second-order valence-electron chi connectivity index (χ2n) is 5.49. The van der Waals surface area contributed by atoms with E-state index in [-0.39, 0.29) is 6.10 Å². The molecular formula is C16H26N2O3. The SMILES string of the molecule is COC(=O)C(N)(CN(C)CCOC(C)C)c1ccccc1. The average molecular weight is 294 g/mol. The second kappa shape index (κ2) is 8.12. The van der Waals surface area contributed by atoms with Gasteiger partial charge in [-0.2, -0.15) is 0 Å². The Hall–Kier alpha value is -1.43. The van der Waals surface area contributed by atoms with Crippen LogP contribution in [0.4, 0.5) is 0 Å². The number of rotatable bonds is 8. The molecule has 5 nitrogen and oxygen atoms in total. The summed E-state index contributed by atoms with van der Waals surface area (Å²) < 4.78 is 10.4. The summed E-state index contributed by atoms with van der Waals surface area (Å²) in [5.74, 6) is -0.440. The molecule has 1 rings (SSSR count). The van der Waals surface area contributed by atoms with Crippen LogP contribution in [0.1, 0.15) is 19.4 Å². The van der Waals surface area contributed by atoms with Gasteiger partial charge in [0.05, 0.1) is 19.8 Å². The van der Waals surface area contributed by atoms with E-state index >= 15 is 0 Å². The molecule has 118 valence electrons. The van der Waals surface area contributed by atoms with Crippen LogP contribution in [0, 0.1) is 0 Å². The van der Waals surface area contributed by atoms with Crippen LogP contribution in [0.2, 0.25) is 0 Å². The van der Waals surface area contributed by atoms with Crippen molar-refractivity contribution in [1.82, 2.24) is 4.90 Å². The summed E-state index contributed by atoms with van der Waals surface area (Å²) in [6.45, 7) is 5.64. The molecular weight excluding hydrogens is 268 g/mol. The number of nitrogens with two attached hydrogens (primary N) is 1. The molecule has 5 heteroatoms. The molecule has 2 N–H and O–H groups in total. The van der Waals surface area contributed by atoms with Crippen LogP contribution in [0.5, 0.6) is 0 Å². The van der Waals surface area contributed by atoms with E-state index in [4.69, 9.17) is 15.2 Å². The van der Waals surface area contributed by atoms with E-state index in [9.17, 15) is 4.79 Å². The minimum Gasteiger partial charge on any atom is -0.467 e. The van der Waals surface area contributed by atoms with Crippen molar-refractivity contribution >= 4 is 5.97 Å². The fraction of sp³-hybridized carbons (Fsp3) is 0.562. The molecule has 0 saturated carbocycles. The number of carbonyl (C=O) groups excluding carboxylic acids is 1. The molecule has 1 atom stereocenters. The fourth-order valence-corrected chi connectivity index (χ4v) is 2.14. The lowest BCUT2D eigenvalue weighted by Crippen LogP contribution is -2.53. The van der Waals surface area contributed by atoms with Crippen LogP contribution in [0.15, 0.2) is 30.3 Å². The summed E-state index contributed by atoms with van der Waals surface area (Å²) in [7, 11) is 3.27. The molecule has 0 fully saturated rings.